The zero-order chi connectivity index (χ0) is 25.6. The Hall–Kier alpha value is -0.570. The van der Waals surface area contributed by atoms with Gasteiger partial charge in [0.25, 0.3) is 0 Å². The van der Waals surface area contributed by atoms with Crippen LogP contribution in [0, 0.1) is 16.7 Å². The average Bonchev–Trinajstić information content (AvgIpc) is 2.73. The Morgan fingerprint density at radius 2 is 1.23 bits per heavy atom. The summed E-state index contributed by atoms with van der Waals surface area (Å²) in [5.41, 5.74) is 0.992. The Kier molecular flexibility index (Phi) is 13.7. The first-order valence-corrected chi connectivity index (χ1v) is 15.6. The van der Waals surface area contributed by atoms with Gasteiger partial charge >= 0.3 is 5.97 Å². The molecule has 2 saturated carbocycles. The van der Waals surface area contributed by atoms with Crippen LogP contribution in [0.5, 0.6) is 0 Å². The molecule has 3 nitrogen and oxygen atoms in total. The summed E-state index contributed by atoms with van der Waals surface area (Å²) in [4.78, 5) is 12.2. The van der Waals surface area contributed by atoms with Gasteiger partial charge in [-0.25, -0.2) is 0 Å². The van der Waals surface area contributed by atoms with E-state index in [0.717, 1.165) is 18.8 Å². The fraction of sp³-hybridized carbons (Fsp3) is 0.969. The zero-order valence-corrected chi connectivity index (χ0v) is 24.5. The van der Waals surface area contributed by atoms with E-state index >= 15 is 0 Å². The second kappa shape index (κ2) is 15.6. The Morgan fingerprint density at radius 1 is 0.714 bits per heavy atom. The van der Waals surface area contributed by atoms with Gasteiger partial charge in [0.1, 0.15) is 6.73 Å². The van der Waals surface area contributed by atoms with Gasteiger partial charge in [-0.15, -0.1) is 0 Å². The van der Waals surface area contributed by atoms with E-state index in [9.17, 15) is 4.79 Å². The predicted molar refractivity (Wildman–Crippen MR) is 151 cm³/mol. The number of nitrogens with one attached hydrogen (secondary N) is 1. The number of hydrogen-bond acceptors (Lipinski definition) is 3. The summed E-state index contributed by atoms with van der Waals surface area (Å²) < 4.78 is 5.58. The molecule has 2 fully saturated rings. The number of ether oxygens (including phenoxy) is 1. The van der Waals surface area contributed by atoms with Gasteiger partial charge in [-0.1, -0.05) is 118 Å². The van der Waals surface area contributed by atoms with E-state index in [1.165, 1.54) is 116 Å². The number of esters is 1. The quantitative estimate of drug-likeness (QED) is 0.111. The number of unbranched alkanes of at least 4 members (excludes halogenated alkanes) is 14. The van der Waals surface area contributed by atoms with E-state index in [1.807, 2.05) is 0 Å². The van der Waals surface area contributed by atoms with E-state index in [1.54, 1.807) is 0 Å². The lowest BCUT2D eigenvalue weighted by molar-refractivity contribution is -0.145. The van der Waals surface area contributed by atoms with Crippen molar-refractivity contribution in [1.82, 2.24) is 5.32 Å². The monoisotopic (exact) mass is 491 g/mol. The van der Waals surface area contributed by atoms with Crippen LogP contribution >= 0.6 is 0 Å². The third kappa shape index (κ3) is 13.0. The molecule has 3 atom stereocenters. The van der Waals surface area contributed by atoms with Crippen LogP contribution in [0.4, 0.5) is 0 Å². The molecule has 0 amide bonds. The van der Waals surface area contributed by atoms with Crippen molar-refractivity contribution >= 4 is 5.97 Å². The summed E-state index contributed by atoms with van der Waals surface area (Å²) in [6, 6.07) is 0. The van der Waals surface area contributed by atoms with E-state index < -0.39 is 0 Å². The Balaban J connectivity index is 1.40. The molecule has 206 valence electrons. The van der Waals surface area contributed by atoms with E-state index in [4.69, 9.17) is 4.74 Å². The highest BCUT2D eigenvalue weighted by Crippen LogP contribution is 2.57. The van der Waals surface area contributed by atoms with E-state index in [0.29, 0.717) is 24.0 Å². The number of fused-ring (bicyclic) bond motifs is 2. The molecule has 3 heteroatoms. The third-order valence-electron chi connectivity index (χ3n) is 8.80. The van der Waals surface area contributed by atoms with Gasteiger partial charge in [0, 0.05) is 12.0 Å². The molecule has 0 radical (unpaired) electrons. The largest absolute Gasteiger partial charge is 0.450 e. The molecular formula is C32H61NO2. The van der Waals surface area contributed by atoms with Crippen LogP contribution in [-0.2, 0) is 9.53 Å². The topological polar surface area (TPSA) is 38.3 Å². The highest BCUT2D eigenvalue weighted by atomic mass is 16.5. The Labute approximate surface area is 219 Å². The van der Waals surface area contributed by atoms with Crippen LogP contribution in [-0.4, -0.2) is 18.2 Å². The van der Waals surface area contributed by atoms with Gasteiger partial charge < -0.3 is 4.74 Å². The Morgan fingerprint density at radius 3 is 1.74 bits per heavy atom. The second-order valence-electron chi connectivity index (χ2n) is 13.9. The van der Waals surface area contributed by atoms with Crippen LogP contribution in [0.2, 0.25) is 0 Å². The minimum absolute atomic E-state index is 0.0286. The van der Waals surface area contributed by atoms with Gasteiger partial charge in [-0.2, -0.15) is 0 Å². The van der Waals surface area contributed by atoms with Crippen LogP contribution in [0.1, 0.15) is 169 Å². The summed E-state index contributed by atoms with van der Waals surface area (Å²) in [6.45, 7) is 12.4. The van der Waals surface area contributed by atoms with Crippen LogP contribution < -0.4 is 5.32 Å². The maximum absolute atomic E-state index is 12.2. The fourth-order valence-corrected chi connectivity index (χ4v) is 7.92. The first-order valence-electron chi connectivity index (χ1n) is 15.6. The number of carbonyl (C=O) groups excluding carboxylic acids is 1. The molecule has 0 aromatic heterocycles. The molecule has 35 heavy (non-hydrogen) atoms. The molecule has 2 rings (SSSR count). The van der Waals surface area contributed by atoms with Crippen molar-refractivity contribution in [3.05, 3.63) is 0 Å². The maximum Gasteiger partial charge on any atom is 0.307 e. The van der Waals surface area contributed by atoms with Crippen molar-refractivity contribution < 1.29 is 9.53 Å². The highest BCUT2D eigenvalue weighted by molar-refractivity contribution is 5.69. The molecular weight excluding hydrogens is 430 g/mol. The summed E-state index contributed by atoms with van der Waals surface area (Å²) in [5, 5.41) is 3.62. The van der Waals surface area contributed by atoms with Crippen LogP contribution in [0.25, 0.3) is 0 Å². The van der Waals surface area contributed by atoms with Gasteiger partial charge in [0.2, 0.25) is 0 Å². The van der Waals surface area contributed by atoms with Crippen molar-refractivity contribution in [2.75, 3.05) is 6.73 Å². The molecule has 0 aliphatic heterocycles. The van der Waals surface area contributed by atoms with E-state index in [-0.39, 0.29) is 11.5 Å². The SMILES string of the molecule is CCCCCCCCCCCCCCCCCC(=O)OCNC1(C)CC2CC(C)(C)CC(C)(C2)C1. The average molecular weight is 492 g/mol. The lowest BCUT2D eigenvalue weighted by atomic mass is 9.52. The summed E-state index contributed by atoms with van der Waals surface area (Å²) >= 11 is 0. The lowest BCUT2D eigenvalue weighted by Crippen LogP contribution is -2.55. The van der Waals surface area contributed by atoms with E-state index in [2.05, 4.69) is 39.9 Å². The van der Waals surface area contributed by atoms with Gasteiger partial charge in [-0.05, 0) is 62.2 Å². The molecule has 0 heterocycles. The maximum atomic E-state index is 12.2. The van der Waals surface area contributed by atoms with Crippen LogP contribution in [0.3, 0.4) is 0 Å². The van der Waals surface area contributed by atoms with Gasteiger partial charge in [0.15, 0.2) is 0 Å². The standard InChI is InChI=1S/C32H61NO2/c1-6-7-8-9-10-11-12-13-14-15-16-17-18-19-20-21-29(34)35-27-33-32(5)24-28-22-30(2,3)25-31(4,23-28)26-32/h28,33H,6-27H2,1-5H3. The van der Waals surface area contributed by atoms with Crippen molar-refractivity contribution in [3.8, 4) is 0 Å². The highest BCUT2D eigenvalue weighted by Gasteiger charge is 2.50. The lowest BCUT2D eigenvalue weighted by Gasteiger charge is -2.56. The van der Waals surface area contributed by atoms with Gasteiger partial charge in [0.05, 0.1) is 0 Å². The minimum atomic E-state index is -0.0286. The van der Waals surface area contributed by atoms with Crippen molar-refractivity contribution in [1.29, 1.82) is 0 Å². The summed E-state index contributed by atoms with van der Waals surface area (Å²) in [6.07, 6.45) is 27.2. The third-order valence-corrected chi connectivity index (χ3v) is 8.80. The molecule has 0 aromatic carbocycles. The minimum Gasteiger partial charge on any atom is -0.450 e. The van der Waals surface area contributed by atoms with Crippen molar-refractivity contribution in [3.63, 3.8) is 0 Å². The van der Waals surface area contributed by atoms with Gasteiger partial charge in [-0.3, -0.25) is 10.1 Å². The number of carbonyl (C=O) groups is 1. The summed E-state index contributed by atoms with van der Waals surface area (Å²) in [5.74, 6) is 0.769. The van der Waals surface area contributed by atoms with Crippen molar-refractivity contribution in [2.24, 2.45) is 16.7 Å². The normalized spacial score (nSPS) is 27.6. The molecule has 2 aliphatic carbocycles. The van der Waals surface area contributed by atoms with Crippen LogP contribution in [0.15, 0.2) is 0 Å². The number of hydrogen-bond donors (Lipinski definition) is 1. The summed E-state index contributed by atoms with van der Waals surface area (Å²) in [7, 11) is 0. The molecule has 0 spiro atoms. The molecule has 2 bridgehead atoms. The van der Waals surface area contributed by atoms with Crippen molar-refractivity contribution in [2.45, 2.75) is 175 Å². The number of rotatable bonds is 19. The molecule has 0 saturated heterocycles. The fourth-order valence-electron chi connectivity index (χ4n) is 7.92. The predicted octanol–water partition coefficient (Wildman–Crippen LogP) is 9.72. The first kappa shape index (κ1) is 30.7. The second-order valence-corrected chi connectivity index (χ2v) is 13.9. The smallest absolute Gasteiger partial charge is 0.307 e. The first-order chi connectivity index (χ1) is 16.7. The molecule has 0 aromatic rings. The molecule has 3 unspecified atom stereocenters. The zero-order valence-electron chi connectivity index (χ0n) is 24.5. The molecule has 1 N–H and O–H groups in total. The molecule has 2 aliphatic rings. The Bertz CT molecular complexity index is 586.